The van der Waals surface area contributed by atoms with E-state index in [1.54, 1.807) is 0 Å². The van der Waals surface area contributed by atoms with Gasteiger partial charge in [-0.3, -0.25) is 4.79 Å². The van der Waals surface area contributed by atoms with E-state index in [2.05, 4.69) is 10.3 Å². The molecule has 0 saturated heterocycles. The maximum atomic E-state index is 12.8. The van der Waals surface area contributed by atoms with E-state index < -0.39 is 21.4 Å². The normalized spacial score (nSPS) is 12.3. The Hall–Kier alpha value is -1.44. The minimum atomic E-state index is -4.58. The highest BCUT2D eigenvalue weighted by molar-refractivity contribution is 6.76. The molecule has 0 atom stereocenters. The van der Waals surface area contributed by atoms with Gasteiger partial charge in [0.1, 0.15) is 0 Å². The van der Waals surface area contributed by atoms with Crippen LogP contribution in [0.2, 0.25) is 0 Å². The second kappa shape index (κ2) is 5.98. The van der Waals surface area contributed by atoms with Crippen LogP contribution >= 0.6 is 34.8 Å². The van der Waals surface area contributed by atoms with Gasteiger partial charge in [0.25, 0.3) is 9.70 Å². The van der Waals surface area contributed by atoms with Gasteiger partial charge in [0, 0.05) is 12.4 Å². The van der Waals surface area contributed by atoms with Crippen molar-refractivity contribution in [3.63, 3.8) is 0 Å². The number of aromatic nitrogens is 2. The molecule has 118 valence electrons. The molecular weight excluding hydrogens is 366 g/mol. The minimum absolute atomic E-state index is 0.163. The fourth-order valence-corrected chi connectivity index (χ4v) is 1.77. The average Bonchev–Trinajstić information content (AvgIpc) is 2.90. The van der Waals surface area contributed by atoms with Crippen LogP contribution in [0, 0.1) is 0 Å². The van der Waals surface area contributed by atoms with E-state index in [0.717, 1.165) is 12.1 Å². The first-order chi connectivity index (χ1) is 10.1. The largest absolute Gasteiger partial charge is 0.416 e. The first kappa shape index (κ1) is 16.9. The molecule has 1 amide bonds. The van der Waals surface area contributed by atoms with Crippen molar-refractivity contribution in [2.75, 3.05) is 5.32 Å². The summed E-state index contributed by atoms with van der Waals surface area (Å²) in [5, 5.41) is 2.17. The molecule has 0 bridgehead atoms. The summed E-state index contributed by atoms with van der Waals surface area (Å²) in [6.07, 6.45) is -0.299. The smallest absolute Gasteiger partial charge is 0.320 e. The van der Waals surface area contributed by atoms with Crippen LogP contribution in [0.5, 0.6) is 0 Å². The number of benzene rings is 1. The molecular formula is C12H7Cl3F3N3O. The van der Waals surface area contributed by atoms with Crippen molar-refractivity contribution in [3.05, 3.63) is 42.5 Å². The number of halogens is 6. The quantitative estimate of drug-likeness (QED) is 0.803. The van der Waals surface area contributed by atoms with Gasteiger partial charge in [0.15, 0.2) is 0 Å². The Bertz CT molecular complexity index is 681. The van der Waals surface area contributed by atoms with Crippen LogP contribution in [-0.2, 0) is 11.0 Å². The molecule has 0 fully saturated rings. The number of nitrogens with zero attached hydrogens (tertiary/aromatic N) is 2. The van der Waals surface area contributed by atoms with Gasteiger partial charge in [-0.15, -0.1) is 0 Å². The van der Waals surface area contributed by atoms with E-state index >= 15 is 0 Å². The van der Waals surface area contributed by atoms with Crippen molar-refractivity contribution in [1.29, 1.82) is 0 Å². The standard InChI is InChI=1S/C12H7Cl3F3N3O/c13-11(14,15)10(22)20-8-5-7(12(16,17)18)1-2-9(8)21-4-3-19-6-21/h1-6H,(H,20,22). The predicted octanol–water partition coefficient (Wildman–Crippen LogP) is 4.20. The molecule has 1 N–H and O–H groups in total. The van der Waals surface area contributed by atoms with Crippen LogP contribution < -0.4 is 5.32 Å². The van der Waals surface area contributed by atoms with Gasteiger partial charge >= 0.3 is 6.18 Å². The van der Waals surface area contributed by atoms with Crippen molar-refractivity contribution in [2.45, 2.75) is 9.97 Å². The summed E-state index contributed by atoms with van der Waals surface area (Å²) in [6.45, 7) is 0. The maximum Gasteiger partial charge on any atom is 0.416 e. The molecule has 0 aliphatic heterocycles. The lowest BCUT2D eigenvalue weighted by Crippen LogP contribution is -2.27. The zero-order valence-electron chi connectivity index (χ0n) is 10.5. The highest BCUT2D eigenvalue weighted by atomic mass is 35.6. The number of nitrogens with one attached hydrogen (secondary N) is 1. The minimum Gasteiger partial charge on any atom is -0.320 e. The number of amides is 1. The molecule has 0 saturated carbocycles. The average molecular weight is 373 g/mol. The Morgan fingerprint density at radius 2 is 1.91 bits per heavy atom. The van der Waals surface area contributed by atoms with Crippen LogP contribution in [0.3, 0.4) is 0 Å². The van der Waals surface area contributed by atoms with Gasteiger partial charge in [-0.25, -0.2) is 4.98 Å². The molecule has 0 aliphatic carbocycles. The lowest BCUT2D eigenvalue weighted by Gasteiger charge is -2.17. The Morgan fingerprint density at radius 1 is 1.23 bits per heavy atom. The van der Waals surface area contributed by atoms with E-state index in [1.165, 1.54) is 29.4 Å². The van der Waals surface area contributed by atoms with Crippen molar-refractivity contribution in [1.82, 2.24) is 9.55 Å². The highest BCUT2D eigenvalue weighted by Crippen LogP contribution is 2.35. The topological polar surface area (TPSA) is 46.9 Å². The summed E-state index contributed by atoms with van der Waals surface area (Å²) in [7, 11) is 0. The Morgan fingerprint density at radius 3 is 2.41 bits per heavy atom. The molecule has 2 rings (SSSR count). The third kappa shape index (κ3) is 3.85. The number of hydrogen-bond donors (Lipinski definition) is 1. The van der Waals surface area contributed by atoms with E-state index in [0.29, 0.717) is 0 Å². The molecule has 1 aromatic heterocycles. The van der Waals surface area contributed by atoms with Crippen LogP contribution in [-0.4, -0.2) is 19.3 Å². The van der Waals surface area contributed by atoms with Gasteiger partial charge in [0.05, 0.1) is 23.3 Å². The molecule has 0 aliphatic rings. The number of rotatable bonds is 2. The second-order valence-electron chi connectivity index (χ2n) is 4.15. The first-order valence-electron chi connectivity index (χ1n) is 5.67. The van der Waals surface area contributed by atoms with Crippen molar-refractivity contribution in [3.8, 4) is 5.69 Å². The Kier molecular flexibility index (Phi) is 4.60. The van der Waals surface area contributed by atoms with Gasteiger partial charge in [-0.2, -0.15) is 13.2 Å². The van der Waals surface area contributed by atoms with Gasteiger partial charge in [-0.05, 0) is 18.2 Å². The van der Waals surface area contributed by atoms with Crippen molar-refractivity contribution < 1.29 is 18.0 Å². The van der Waals surface area contributed by atoms with E-state index in [9.17, 15) is 18.0 Å². The summed E-state index contributed by atoms with van der Waals surface area (Å²) in [6, 6.07) is 2.81. The second-order valence-corrected chi connectivity index (χ2v) is 6.43. The number of imidazole rings is 1. The lowest BCUT2D eigenvalue weighted by atomic mass is 10.1. The molecule has 0 radical (unpaired) electrons. The zero-order valence-corrected chi connectivity index (χ0v) is 12.8. The van der Waals surface area contributed by atoms with Gasteiger partial charge in [-0.1, -0.05) is 34.8 Å². The molecule has 1 aromatic carbocycles. The number of carbonyl (C=O) groups excluding carboxylic acids is 1. The predicted molar refractivity (Wildman–Crippen MR) is 77.5 cm³/mol. The Balaban J connectivity index is 2.49. The Labute approximate surface area is 137 Å². The molecule has 2 aromatic rings. The van der Waals surface area contributed by atoms with Crippen LogP contribution in [0.4, 0.5) is 18.9 Å². The molecule has 0 spiro atoms. The SMILES string of the molecule is O=C(Nc1cc(C(F)(F)F)ccc1-n1ccnc1)C(Cl)(Cl)Cl. The highest BCUT2D eigenvalue weighted by Gasteiger charge is 2.34. The van der Waals surface area contributed by atoms with E-state index in [4.69, 9.17) is 34.8 Å². The zero-order chi connectivity index (χ0) is 16.5. The molecule has 22 heavy (non-hydrogen) atoms. The summed E-state index contributed by atoms with van der Waals surface area (Å²) < 4.78 is 37.5. The van der Waals surface area contributed by atoms with Crippen LogP contribution in [0.25, 0.3) is 5.69 Å². The molecule has 1 heterocycles. The molecule has 0 unspecified atom stereocenters. The third-order valence-electron chi connectivity index (χ3n) is 2.61. The fourth-order valence-electron chi connectivity index (χ4n) is 1.63. The number of alkyl halides is 6. The van der Waals surface area contributed by atoms with E-state index in [-0.39, 0.29) is 11.4 Å². The summed E-state index contributed by atoms with van der Waals surface area (Å²) in [4.78, 5) is 15.5. The van der Waals surface area contributed by atoms with E-state index in [1.807, 2.05) is 0 Å². The summed E-state index contributed by atoms with van der Waals surface area (Å²) in [5.41, 5.74) is -0.867. The number of hydrogen-bond acceptors (Lipinski definition) is 2. The fraction of sp³-hybridized carbons (Fsp3) is 0.167. The third-order valence-corrected chi connectivity index (χ3v) is 3.13. The summed E-state index contributed by atoms with van der Waals surface area (Å²) in [5.74, 6) is -1.07. The first-order valence-corrected chi connectivity index (χ1v) is 6.80. The van der Waals surface area contributed by atoms with Crippen molar-refractivity contribution >= 4 is 46.4 Å². The number of carbonyl (C=O) groups is 1. The lowest BCUT2D eigenvalue weighted by molar-refractivity contribution is -0.137. The van der Waals surface area contributed by atoms with Crippen LogP contribution in [0.15, 0.2) is 36.9 Å². The van der Waals surface area contributed by atoms with Gasteiger partial charge < -0.3 is 9.88 Å². The maximum absolute atomic E-state index is 12.8. The molecule has 4 nitrogen and oxygen atoms in total. The van der Waals surface area contributed by atoms with Crippen LogP contribution in [0.1, 0.15) is 5.56 Å². The molecule has 10 heteroatoms. The monoisotopic (exact) mass is 371 g/mol. The van der Waals surface area contributed by atoms with Gasteiger partial charge in [0.2, 0.25) is 0 Å². The van der Waals surface area contributed by atoms with Crippen molar-refractivity contribution in [2.24, 2.45) is 0 Å². The number of anilines is 1. The summed E-state index contributed by atoms with van der Waals surface area (Å²) >= 11 is 16.3.